The van der Waals surface area contributed by atoms with Gasteiger partial charge in [0.2, 0.25) is 6.23 Å². The molecule has 0 fully saturated rings. The number of hydrogen-bond acceptors (Lipinski definition) is 4. The first kappa shape index (κ1) is 15.8. The summed E-state index contributed by atoms with van der Waals surface area (Å²) in [4.78, 5) is 21.5. The van der Waals surface area contributed by atoms with Crippen LogP contribution in [0.4, 0.5) is 0 Å². The standard InChI is InChI=1S/C10H8Cl3NO5/c11-4-1-5(12)8(6(13)2-4)19-3-7(15)14-9(16)10(17)18/h1-2,9,16H,3H2,(H,14,15)(H,17,18). The van der Waals surface area contributed by atoms with Gasteiger partial charge in [0.15, 0.2) is 12.4 Å². The highest BCUT2D eigenvalue weighted by molar-refractivity contribution is 6.40. The number of ether oxygens (including phenoxy) is 1. The molecule has 1 unspecified atom stereocenters. The lowest BCUT2D eigenvalue weighted by Gasteiger charge is -2.11. The van der Waals surface area contributed by atoms with Gasteiger partial charge >= 0.3 is 5.97 Å². The van der Waals surface area contributed by atoms with E-state index in [0.717, 1.165) is 0 Å². The number of aliphatic hydroxyl groups excluding tert-OH is 1. The summed E-state index contributed by atoms with van der Waals surface area (Å²) >= 11 is 17.3. The number of amides is 1. The molecule has 1 aromatic rings. The maximum Gasteiger partial charge on any atom is 0.353 e. The smallest absolute Gasteiger partial charge is 0.353 e. The molecule has 1 aromatic carbocycles. The third kappa shape index (κ3) is 4.76. The van der Waals surface area contributed by atoms with Gasteiger partial charge in [0.05, 0.1) is 10.0 Å². The number of aliphatic carboxylic acids is 1. The summed E-state index contributed by atoms with van der Waals surface area (Å²) in [5, 5.41) is 19.5. The van der Waals surface area contributed by atoms with Gasteiger partial charge in [0.1, 0.15) is 0 Å². The molecule has 0 heterocycles. The van der Waals surface area contributed by atoms with Crippen molar-refractivity contribution in [3.63, 3.8) is 0 Å². The topological polar surface area (TPSA) is 95.9 Å². The molecule has 0 bridgehead atoms. The van der Waals surface area contributed by atoms with Gasteiger partial charge in [-0.25, -0.2) is 4.79 Å². The Morgan fingerprint density at radius 3 is 2.26 bits per heavy atom. The molecule has 0 aliphatic rings. The molecule has 0 aromatic heterocycles. The summed E-state index contributed by atoms with van der Waals surface area (Å²) in [5.74, 6) is -2.40. The summed E-state index contributed by atoms with van der Waals surface area (Å²) in [6.45, 7) is -0.564. The number of rotatable bonds is 5. The van der Waals surface area contributed by atoms with Gasteiger partial charge < -0.3 is 20.3 Å². The zero-order chi connectivity index (χ0) is 14.6. The molecule has 0 spiro atoms. The zero-order valence-corrected chi connectivity index (χ0v) is 11.5. The van der Waals surface area contributed by atoms with Crippen LogP contribution in [0, 0.1) is 0 Å². The van der Waals surface area contributed by atoms with Gasteiger partial charge in [-0.3, -0.25) is 4.79 Å². The molecule has 0 aliphatic heterocycles. The number of carbonyl (C=O) groups is 2. The van der Waals surface area contributed by atoms with Crippen LogP contribution in [-0.4, -0.2) is 34.9 Å². The molecule has 0 saturated carbocycles. The van der Waals surface area contributed by atoms with Crippen molar-refractivity contribution in [1.29, 1.82) is 0 Å². The lowest BCUT2D eigenvalue weighted by molar-refractivity contribution is -0.151. The van der Waals surface area contributed by atoms with Crippen LogP contribution >= 0.6 is 34.8 Å². The zero-order valence-electron chi connectivity index (χ0n) is 9.19. The van der Waals surface area contributed by atoms with Crippen molar-refractivity contribution in [1.82, 2.24) is 5.32 Å². The minimum absolute atomic E-state index is 0.0349. The SMILES string of the molecule is O=C(COc1c(Cl)cc(Cl)cc1Cl)NC(O)C(=O)O. The second kappa shape index (κ2) is 6.81. The van der Waals surface area contributed by atoms with E-state index in [1.165, 1.54) is 12.1 Å². The molecule has 0 saturated heterocycles. The third-order valence-electron chi connectivity index (χ3n) is 1.84. The quantitative estimate of drug-likeness (QED) is 0.713. The molecule has 0 aliphatic carbocycles. The number of carboxylic acids is 1. The third-order valence-corrected chi connectivity index (χ3v) is 2.62. The molecular weight excluding hydrogens is 320 g/mol. The maximum atomic E-state index is 11.2. The van der Waals surface area contributed by atoms with Crippen LogP contribution in [0.15, 0.2) is 12.1 Å². The van der Waals surface area contributed by atoms with Crippen molar-refractivity contribution in [2.45, 2.75) is 6.23 Å². The fraction of sp³-hybridized carbons (Fsp3) is 0.200. The summed E-state index contributed by atoms with van der Waals surface area (Å²) < 4.78 is 5.03. The second-order valence-corrected chi connectivity index (χ2v) is 4.55. The van der Waals surface area contributed by atoms with Gasteiger partial charge in [-0.1, -0.05) is 34.8 Å². The van der Waals surface area contributed by atoms with E-state index >= 15 is 0 Å². The number of carboxylic acid groups (broad SMARTS) is 1. The fourth-order valence-electron chi connectivity index (χ4n) is 1.06. The predicted octanol–water partition coefficient (Wildman–Crippen LogP) is 1.54. The van der Waals surface area contributed by atoms with E-state index in [4.69, 9.17) is 49.8 Å². The molecule has 0 radical (unpaired) electrons. The largest absolute Gasteiger partial charge is 0.481 e. The average molecular weight is 329 g/mol. The van der Waals surface area contributed by atoms with Crippen molar-refractivity contribution in [2.24, 2.45) is 0 Å². The van der Waals surface area contributed by atoms with Gasteiger partial charge in [-0.2, -0.15) is 0 Å². The Hall–Kier alpha value is -1.21. The van der Waals surface area contributed by atoms with Crippen molar-refractivity contribution in [3.05, 3.63) is 27.2 Å². The molecule has 3 N–H and O–H groups in total. The number of benzene rings is 1. The van der Waals surface area contributed by atoms with Gasteiger partial charge in [0, 0.05) is 5.02 Å². The van der Waals surface area contributed by atoms with Crippen LogP contribution < -0.4 is 10.1 Å². The second-order valence-electron chi connectivity index (χ2n) is 3.30. The number of halogens is 3. The van der Waals surface area contributed by atoms with Crippen LogP contribution in [-0.2, 0) is 9.59 Å². The van der Waals surface area contributed by atoms with E-state index in [1.54, 1.807) is 5.32 Å². The maximum absolute atomic E-state index is 11.2. The monoisotopic (exact) mass is 327 g/mol. The van der Waals surface area contributed by atoms with Gasteiger partial charge in [0.25, 0.3) is 5.91 Å². The Bertz CT molecular complexity index is 485. The first-order valence-electron chi connectivity index (χ1n) is 4.79. The first-order valence-corrected chi connectivity index (χ1v) is 5.92. The van der Waals surface area contributed by atoms with Gasteiger partial charge in [-0.15, -0.1) is 0 Å². The molecule has 1 amide bonds. The van der Waals surface area contributed by atoms with E-state index in [-0.39, 0.29) is 15.8 Å². The highest BCUT2D eigenvalue weighted by Crippen LogP contribution is 2.35. The average Bonchev–Trinajstić information content (AvgIpc) is 2.27. The van der Waals surface area contributed by atoms with Crippen molar-refractivity contribution in [2.75, 3.05) is 6.61 Å². The lowest BCUT2D eigenvalue weighted by atomic mass is 10.3. The summed E-state index contributed by atoms with van der Waals surface area (Å²) in [6, 6.07) is 2.74. The van der Waals surface area contributed by atoms with Gasteiger partial charge in [-0.05, 0) is 12.1 Å². The molecular formula is C10H8Cl3NO5. The van der Waals surface area contributed by atoms with Crippen LogP contribution in [0.1, 0.15) is 0 Å². The minimum atomic E-state index is -2.01. The summed E-state index contributed by atoms with van der Waals surface area (Å²) in [7, 11) is 0. The number of aliphatic hydroxyl groups is 1. The molecule has 1 atom stereocenters. The molecule has 6 nitrogen and oxygen atoms in total. The van der Waals surface area contributed by atoms with E-state index in [1.807, 2.05) is 0 Å². The van der Waals surface area contributed by atoms with Crippen molar-refractivity contribution < 1.29 is 24.5 Å². The predicted molar refractivity (Wildman–Crippen MR) is 68.8 cm³/mol. The molecule has 104 valence electrons. The number of hydrogen-bond donors (Lipinski definition) is 3. The lowest BCUT2D eigenvalue weighted by Crippen LogP contribution is -2.42. The van der Waals surface area contributed by atoms with Crippen molar-refractivity contribution >= 4 is 46.7 Å². The summed E-state index contributed by atoms with van der Waals surface area (Å²) in [5.41, 5.74) is 0. The normalized spacial score (nSPS) is 11.8. The Morgan fingerprint density at radius 1 is 1.26 bits per heavy atom. The number of nitrogens with one attached hydrogen (secondary N) is 1. The molecule has 19 heavy (non-hydrogen) atoms. The van der Waals surface area contributed by atoms with Crippen LogP contribution in [0.5, 0.6) is 5.75 Å². The fourth-order valence-corrected chi connectivity index (χ4v) is 1.99. The Kier molecular flexibility index (Phi) is 5.68. The van der Waals surface area contributed by atoms with E-state index in [2.05, 4.69) is 0 Å². The van der Waals surface area contributed by atoms with Crippen molar-refractivity contribution in [3.8, 4) is 5.75 Å². The molecule has 1 rings (SSSR count). The Balaban J connectivity index is 2.63. The van der Waals surface area contributed by atoms with E-state index in [9.17, 15) is 9.59 Å². The molecule has 9 heteroatoms. The van der Waals surface area contributed by atoms with E-state index in [0.29, 0.717) is 5.02 Å². The first-order chi connectivity index (χ1) is 8.81. The highest BCUT2D eigenvalue weighted by Gasteiger charge is 2.17. The summed E-state index contributed by atoms with van der Waals surface area (Å²) in [6.07, 6.45) is -2.01. The minimum Gasteiger partial charge on any atom is -0.481 e. The van der Waals surface area contributed by atoms with Crippen LogP contribution in [0.3, 0.4) is 0 Å². The van der Waals surface area contributed by atoms with Crippen LogP contribution in [0.25, 0.3) is 0 Å². The Morgan fingerprint density at radius 2 is 1.79 bits per heavy atom. The number of carbonyl (C=O) groups excluding carboxylic acids is 1. The van der Waals surface area contributed by atoms with Crippen LogP contribution in [0.2, 0.25) is 15.1 Å². The van der Waals surface area contributed by atoms with E-state index < -0.39 is 24.7 Å². The Labute approximate surface area is 122 Å². The highest BCUT2D eigenvalue weighted by atomic mass is 35.5.